The van der Waals surface area contributed by atoms with Crippen LogP contribution in [-0.2, 0) is 16.1 Å². The quantitative estimate of drug-likeness (QED) is 0.816. The van der Waals surface area contributed by atoms with Crippen LogP contribution < -0.4 is 5.69 Å². The second-order valence-corrected chi connectivity index (χ2v) is 5.98. The molecule has 0 unspecified atom stereocenters. The summed E-state index contributed by atoms with van der Waals surface area (Å²) in [6.07, 6.45) is 5.46. The Balaban J connectivity index is 1.60. The standard InChI is InChI=1S/C15H21N3O4/c19-12-3-1-10-22-15(12)4-8-17(9-5-15)13(20)11-18-7-2-6-16-14(18)21/h2,6-7,12,19H,1,3-5,8-11H2/t12-/m1/s1. The first-order valence-electron chi connectivity index (χ1n) is 7.72. The molecule has 0 bridgehead atoms. The fourth-order valence-corrected chi connectivity index (χ4v) is 3.28. The minimum absolute atomic E-state index is 0.00306. The molecule has 0 aromatic carbocycles. The minimum Gasteiger partial charge on any atom is -0.390 e. The molecule has 3 heterocycles. The van der Waals surface area contributed by atoms with Gasteiger partial charge in [0.2, 0.25) is 5.91 Å². The third-order valence-electron chi connectivity index (χ3n) is 4.67. The molecule has 2 fully saturated rings. The van der Waals surface area contributed by atoms with Crippen molar-refractivity contribution >= 4 is 5.91 Å². The Bertz CT molecular complexity index is 592. The van der Waals surface area contributed by atoms with Crippen molar-refractivity contribution in [1.29, 1.82) is 0 Å². The van der Waals surface area contributed by atoms with E-state index in [0.717, 1.165) is 12.8 Å². The molecule has 1 aromatic rings. The van der Waals surface area contributed by atoms with Gasteiger partial charge in [0.25, 0.3) is 0 Å². The Kier molecular flexibility index (Phi) is 4.26. The van der Waals surface area contributed by atoms with Crippen LogP contribution in [-0.4, -0.2) is 56.9 Å². The van der Waals surface area contributed by atoms with Crippen LogP contribution in [0.4, 0.5) is 0 Å². The molecule has 3 rings (SSSR count). The average Bonchev–Trinajstić information content (AvgIpc) is 2.53. The van der Waals surface area contributed by atoms with Crippen molar-refractivity contribution < 1.29 is 14.6 Å². The Hall–Kier alpha value is -1.73. The number of nitrogens with zero attached hydrogens (tertiary/aromatic N) is 3. The lowest BCUT2D eigenvalue weighted by molar-refractivity contribution is -0.179. The fourth-order valence-electron chi connectivity index (χ4n) is 3.28. The zero-order chi connectivity index (χ0) is 15.6. The molecule has 1 N–H and O–H groups in total. The molecule has 120 valence electrons. The number of hydrogen-bond donors (Lipinski definition) is 1. The van der Waals surface area contributed by atoms with Gasteiger partial charge >= 0.3 is 5.69 Å². The molecule has 0 saturated carbocycles. The maximum Gasteiger partial charge on any atom is 0.347 e. The van der Waals surface area contributed by atoms with Crippen molar-refractivity contribution in [3.05, 3.63) is 28.9 Å². The van der Waals surface area contributed by atoms with Gasteiger partial charge in [-0.25, -0.2) is 9.78 Å². The average molecular weight is 307 g/mol. The lowest BCUT2D eigenvalue weighted by Crippen LogP contribution is -2.56. The van der Waals surface area contributed by atoms with E-state index in [1.807, 2.05) is 0 Å². The monoisotopic (exact) mass is 307 g/mol. The molecular weight excluding hydrogens is 286 g/mol. The van der Waals surface area contributed by atoms with Gasteiger partial charge in [0, 0.05) is 32.1 Å². The summed E-state index contributed by atoms with van der Waals surface area (Å²) in [4.78, 5) is 29.2. The van der Waals surface area contributed by atoms with Gasteiger partial charge in [0.15, 0.2) is 0 Å². The van der Waals surface area contributed by atoms with Gasteiger partial charge < -0.3 is 14.7 Å². The lowest BCUT2D eigenvalue weighted by atomic mass is 9.82. The van der Waals surface area contributed by atoms with Crippen molar-refractivity contribution in [3.63, 3.8) is 0 Å². The van der Waals surface area contributed by atoms with E-state index in [-0.39, 0.29) is 12.5 Å². The number of aliphatic hydroxyl groups is 1. The van der Waals surface area contributed by atoms with E-state index < -0.39 is 17.4 Å². The molecule has 1 spiro atoms. The largest absolute Gasteiger partial charge is 0.390 e. The first-order valence-corrected chi connectivity index (χ1v) is 7.72. The van der Waals surface area contributed by atoms with E-state index in [0.29, 0.717) is 32.5 Å². The van der Waals surface area contributed by atoms with Crippen LogP contribution in [0.15, 0.2) is 23.3 Å². The van der Waals surface area contributed by atoms with Crippen LogP contribution in [0.5, 0.6) is 0 Å². The molecule has 7 heteroatoms. The molecule has 0 radical (unpaired) electrons. The Morgan fingerprint density at radius 2 is 2.23 bits per heavy atom. The SMILES string of the molecule is O=C(Cn1cccnc1=O)N1CCC2(CC1)OCCC[C@H]2O. The van der Waals surface area contributed by atoms with Crippen molar-refractivity contribution in [2.75, 3.05) is 19.7 Å². The van der Waals surface area contributed by atoms with E-state index in [9.17, 15) is 14.7 Å². The number of hydrogen-bond acceptors (Lipinski definition) is 5. The second-order valence-electron chi connectivity index (χ2n) is 5.98. The van der Waals surface area contributed by atoms with Crippen LogP contribution in [0.25, 0.3) is 0 Å². The summed E-state index contributed by atoms with van der Waals surface area (Å²) in [5.74, 6) is -0.102. The molecular formula is C15H21N3O4. The number of ether oxygens (including phenoxy) is 1. The van der Waals surface area contributed by atoms with Crippen molar-refractivity contribution in [2.45, 2.75) is 43.9 Å². The summed E-state index contributed by atoms with van der Waals surface area (Å²) in [7, 11) is 0. The third kappa shape index (κ3) is 2.91. The molecule has 0 aliphatic carbocycles. The normalized spacial score (nSPS) is 24.4. The topological polar surface area (TPSA) is 84.7 Å². The molecule has 22 heavy (non-hydrogen) atoms. The summed E-state index contributed by atoms with van der Waals surface area (Å²) in [5, 5.41) is 10.2. The van der Waals surface area contributed by atoms with E-state index >= 15 is 0 Å². The number of rotatable bonds is 2. The second kappa shape index (κ2) is 6.18. The van der Waals surface area contributed by atoms with Gasteiger partial charge in [-0.1, -0.05) is 0 Å². The van der Waals surface area contributed by atoms with Crippen molar-refractivity contribution in [1.82, 2.24) is 14.5 Å². The number of carbonyl (C=O) groups is 1. The van der Waals surface area contributed by atoms with Crippen LogP contribution in [0.3, 0.4) is 0 Å². The van der Waals surface area contributed by atoms with Crippen LogP contribution >= 0.6 is 0 Å². The lowest BCUT2D eigenvalue weighted by Gasteiger charge is -2.46. The summed E-state index contributed by atoms with van der Waals surface area (Å²) in [6, 6.07) is 1.63. The fraction of sp³-hybridized carbons (Fsp3) is 0.667. The van der Waals surface area contributed by atoms with Crippen LogP contribution in [0.1, 0.15) is 25.7 Å². The van der Waals surface area contributed by atoms with Gasteiger partial charge in [-0.05, 0) is 31.7 Å². The number of aliphatic hydroxyl groups excluding tert-OH is 1. The zero-order valence-electron chi connectivity index (χ0n) is 12.5. The molecule has 1 atom stereocenters. The van der Waals surface area contributed by atoms with Gasteiger partial charge in [0.05, 0.1) is 11.7 Å². The Morgan fingerprint density at radius 1 is 1.45 bits per heavy atom. The van der Waals surface area contributed by atoms with Crippen molar-refractivity contribution in [2.24, 2.45) is 0 Å². The molecule has 1 aromatic heterocycles. The summed E-state index contributed by atoms with van der Waals surface area (Å²) in [5.41, 5.74) is -0.907. The summed E-state index contributed by atoms with van der Waals surface area (Å²) in [6.45, 7) is 1.77. The minimum atomic E-state index is -0.486. The maximum atomic E-state index is 12.3. The predicted molar refractivity (Wildman–Crippen MR) is 78.2 cm³/mol. The van der Waals surface area contributed by atoms with E-state index in [4.69, 9.17) is 4.74 Å². The highest BCUT2D eigenvalue weighted by Crippen LogP contribution is 2.35. The first-order chi connectivity index (χ1) is 10.6. The Morgan fingerprint density at radius 3 is 2.91 bits per heavy atom. The first kappa shape index (κ1) is 15.2. The molecule has 2 aliphatic heterocycles. The van der Waals surface area contributed by atoms with E-state index in [1.54, 1.807) is 17.2 Å². The Labute approximate surface area is 128 Å². The number of aromatic nitrogens is 2. The van der Waals surface area contributed by atoms with Gasteiger partial charge in [-0.3, -0.25) is 9.36 Å². The highest BCUT2D eigenvalue weighted by molar-refractivity contribution is 5.76. The highest BCUT2D eigenvalue weighted by atomic mass is 16.5. The smallest absolute Gasteiger partial charge is 0.347 e. The molecule has 7 nitrogen and oxygen atoms in total. The number of likely N-dealkylation sites (tertiary alicyclic amines) is 1. The zero-order valence-corrected chi connectivity index (χ0v) is 12.5. The van der Waals surface area contributed by atoms with E-state index in [2.05, 4.69) is 4.98 Å². The molecule has 1 amide bonds. The van der Waals surface area contributed by atoms with Crippen LogP contribution in [0, 0.1) is 0 Å². The predicted octanol–water partition coefficient (Wildman–Crippen LogP) is -0.224. The summed E-state index contributed by atoms with van der Waals surface area (Å²) >= 11 is 0. The molecule has 2 saturated heterocycles. The number of amides is 1. The number of carbonyl (C=O) groups excluding carboxylic acids is 1. The van der Waals surface area contributed by atoms with Gasteiger partial charge in [-0.2, -0.15) is 0 Å². The van der Waals surface area contributed by atoms with E-state index in [1.165, 1.54) is 10.8 Å². The van der Waals surface area contributed by atoms with Gasteiger partial charge in [0.1, 0.15) is 6.54 Å². The number of piperidine rings is 1. The third-order valence-corrected chi connectivity index (χ3v) is 4.67. The van der Waals surface area contributed by atoms with Crippen LogP contribution in [0.2, 0.25) is 0 Å². The van der Waals surface area contributed by atoms with Gasteiger partial charge in [-0.15, -0.1) is 0 Å². The maximum absolute atomic E-state index is 12.3. The highest BCUT2D eigenvalue weighted by Gasteiger charge is 2.44. The summed E-state index contributed by atoms with van der Waals surface area (Å²) < 4.78 is 7.14. The van der Waals surface area contributed by atoms with Crippen molar-refractivity contribution in [3.8, 4) is 0 Å². The molecule has 2 aliphatic rings.